The van der Waals surface area contributed by atoms with Gasteiger partial charge in [0.15, 0.2) is 0 Å². The van der Waals surface area contributed by atoms with Crippen LogP contribution in [-0.4, -0.2) is 24.1 Å². The Hall–Kier alpha value is -1.06. The van der Waals surface area contributed by atoms with Crippen molar-refractivity contribution in [1.82, 2.24) is 0 Å². The number of fused-ring (bicyclic) bond motifs is 5. The van der Waals surface area contributed by atoms with Gasteiger partial charge in [0.05, 0.1) is 5.92 Å². The zero-order valence-corrected chi connectivity index (χ0v) is 21.3. The first kappa shape index (κ1) is 24.1. The van der Waals surface area contributed by atoms with Crippen LogP contribution in [0.15, 0.2) is 0 Å². The van der Waals surface area contributed by atoms with Crippen LogP contribution in [0.5, 0.6) is 0 Å². The Balaban J connectivity index is 1.48. The van der Waals surface area contributed by atoms with Crippen LogP contribution in [0, 0.1) is 46.3 Å². The highest BCUT2D eigenvalue weighted by molar-refractivity contribution is 5.75. The van der Waals surface area contributed by atoms with Crippen LogP contribution in [0.4, 0.5) is 0 Å². The molecule has 182 valence electrons. The highest BCUT2D eigenvalue weighted by Gasteiger charge is 2.64. The van der Waals surface area contributed by atoms with Crippen LogP contribution >= 0.6 is 0 Å². The molecule has 0 aromatic heterocycles. The fourth-order valence-electron chi connectivity index (χ4n) is 8.63. The lowest BCUT2D eigenvalue weighted by Gasteiger charge is -2.59. The summed E-state index contributed by atoms with van der Waals surface area (Å²) in [5.74, 6) is 2.86. The second kappa shape index (κ2) is 8.95. The quantitative estimate of drug-likeness (QED) is 0.434. The van der Waals surface area contributed by atoms with E-state index in [4.69, 9.17) is 9.47 Å². The van der Waals surface area contributed by atoms with Crippen molar-refractivity contribution in [3.63, 3.8) is 0 Å². The Morgan fingerprint density at radius 3 is 2.41 bits per heavy atom. The van der Waals surface area contributed by atoms with E-state index in [0.29, 0.717) is 23.7 Å². The molecule has 32 heavy (non-hydrogen) atoms. The summed E-state index contributed by atoms with van der Waals surface area (Å²) in [7, 11) is 0. The SMILES string of the molecule is CC(=O)O[C@H]1CC[C@@]2(C)[C@H](C1)C(=O)O[C@H]1[C@H]2CC[C@@]2(C)[C@H]1CC[C@H]2[C@H](C)CCCC(C)C. The first-order chi connectivity index (χ1) is 15.1. The summed E-state index contributed by atoms with van der Waals surface area (Å²) in [5.41, 5.74) is 0.287. The summed E-state index contributed by atoms with van der Waals surface area (Å²) >= 11 is 0. The fraction of sp³-hybridized carbons (Fsp3) is 0.929. The highest BCUT2D eigenvalue weighted by Crippen LogP contribution is 2.65. The minimum Gasteiger partial charge on any atom is -0.463 e. The predicted molar refractivity (Wildman–Crippen MR) is 126 cm³/mol. The summed E-state index contributed by atoms with van der Waals surface area (Å²) in [6.45, 7) is 13.4. The highest BCUT2D eigenvalue weighted by atomic mass is 16.6. The third-order valence-electron chi connectivity index (χ3n) is 10.4. The van der Waals surface area contributed by atoms with Crippen molar-refractivity contribution in [3.05, 3.63) is 0 Å². The summed E-state index contributed by atoms with van der Waals surface area (Å²) in [6, 6.07) is 0. The van der Waals surface area contributed by atoms with Crippen LogP contribution in [0.25, 0.3) is 0 Å². The van der Waals surface area contributed by atoms with Gasteiger partial charge >= 0.3 is 11.9 Å². The molecule has 4 fully saturated rings. The molecule has 4 heteroatoms. The van der Waals surface area contributed by atoms with E-state index in [1.165, 1.54) is 51.9 Å². The van der Waals surface area contributed by atoms with Crippen LogP contribution in [0.2, 0.25) is 0 Å². The largest absolute Gasteiger partial charge is 0.463 e. The molecule has 9 atom stereocenters. The second-order valence-corrected chi connectivity index (χ2v) is 12.7. The second-order valence-electron chi connectivity index (χ2n) is 12.7. The number of rotatable bonds is 6. The maximum absolute atomic E-state index is 13.3. The third kappa shape index (κ3) is 4.13. The molecule has 0 aromatic rings. The van der Waals surface area contributed by atoms with Crippen molar-refractivity contribution in [3.8, 4) is 0 Å². The van der Waals surface area contributed by atoms with Gasteiger partial charge in [-0.1, -0.05) is 53.9 Å². The first-order valence-corrected chi connectivity index (χ1v) is 13.4. The molecule has 0 radical (unpaired) electrons. The molecule has 1 aliphatic heterocycles. The van der Waals surface area contributed by atoms with Gasteiger partial charge in [-0.15, -0.1) is 0 Å². The predicted octanol–water partition coefficient (Wildman–Crippen LogP) is 6.55. The average Bonchev–Trinajstić information content (AvgIpc) is 3.06. The number of ether oxygens (including phenoxy) is 2. The molecule has 0 N–H and O–H groups in total. The molecule has 3 aliphatic carbocycles. The molecule has 0 spiro atoms. The Kier molecular flexibility index (Phi) is 6.73. The van der Waals surface area contributed by atoms with E-state index in [-0.39, 0.29) is 35.5 Å². The zero-order valence-electron chi connectivity index (χ0n) is 21.3. The molecule has 0 bridgehead atoms. The molecule has 0 amide bonds. The smallest absolute Gasteiger partial charge is 0.309 e. The Bertz CT molecular complexity index is 716. The van der Waals surface area contributed by atoms with Crippen LogP contribution < -0.4 is 0 Å². The lowest BCUT2D eigenvalue weighted by molar-refractivity contribution is -0.218. The van der Waals surface area contributed by atoms with E-state index in [1.807, 2.05) is 0 Å². The van der Waals surface area contributed by atoms with Gasteiger partial charge in [-0.05, 0) is 73.5 Å². The Morgan fingerprint density at radius 1 is 1.03 bits per heavy atom. The van der Waals surface area contributed by atoms with E-state index >= 15 is 0 Å². The van der Waals surface area contributed by atoms with Gasteiger partial charge in [0, 0.05) is 18.8 Å². The third-order valence-corrected chi connectivity index (χ3v) is 10.4. The maximum Gasteiger partial charge on any atom is 0.309 e. The van der Waals surface area contributed by atoms with E-state index in [2.05, 4.69) is 34.6 Å². The fourth-order valence-corrected chi connectivity index (χ4v) is 8.63. The van der Waals surface area contributed by atoms with Crippen LogP contribution in [0.3, 0.4) is 0 Å². The summed E-state index contributed by atoms with van der Waals surface area (Å²) < 4.78 is 11.8. The van der Waals surface area contributed by atoms with Crippen molar-refractivity contribution >= 4 is 11.9 Å². The van der Waals surface area contributed by atoms with Gasteiger partial charge in [-0.2, -0.15) is 0 Å². The van der Waals surface area contributed by atoms with Crippen molar-refractivity contribution in [2.45, 2.75) is 118 Å². The van der Waals surface area contributed by atoms with Crippen molar-refractivity contribution in [2.24, 2.45) is 46.3 Å². The van der Waals surface area contributed by atoms with Gasteiger partial charge in [-0.3, -0.25) is 9.59 Å². The van der Waals surface area contributed by atoms with Crippen LogP contribution in [-0.2, 0) is 19.1 Å². The summed E-state index contributed by atoms with van der Waals surface area (Å²) in [6.07, 6.45) is 11.4. The molecular weight excluding hydrogens is 400 g/mol. The lowest BCUT2D eigenvalue weighted by atomic mass is 9.49. The average molecular weight is 447 g/mol. The molecule has 4 aliphatic rings. The summed E-state index contributed by atoms with van der Waals surface area (Å²) in [4.78, 5) is 24.7. The van der Waals surface area contributed by atoms with E-state index in [0.717, 1.165) is 30.6 Å². The first-order valence-electron chi connectivity index (χ1n) is 13.4. The molecule has 1 heterocycles. The normalized spacial score (nSPS) is 44.3. The Labute approximate surface area is 195 Å². The van der Waals surface area contributed by atoms with Crippen molar-refractivity contribution in [2.75, 3.05) is 0 Å². The lowest BCUT2D eigenvalue weighted by Crippen LogP contribution is -2.60. The van der Waals surface area contributed by atoms with Crippen LogP contribution in [0.1, 0.15) is 106 Å². The minimum absolute atomic E-state index is 0.0149. The number of esters is 2. The summed E-state index contributed by atoms with van der Waals surface area (Å²) in [5, 5.41) is 0. The topological polar surface area (TPSA) is 52.6 Å². The van der Waals surface area contributed by atoms with Gasteiger partial charge < -0.3 is 9.47 Å². The Morgan fingerprint density at radius 2 is 1.72 bits per heavy atom. The van der Waals surface area contributed by atoms with E-state index in [1.54, 1.807) is 0 Å². The number of hydrogen-bond donors (Lipinski definition) is 0. The molecular formula is C28H46O4. The van der Waals surface area contributed by atoms with Gasteiger partial charge in [0.25, 0.3) is 0 Å². The van der Waals surface area contributed by atoms with Crippen molar-refractivity contribution < 1.29 is 19.1 Å². The van der Waals surface area contributed by atoms with E-state index < -0.39 is 0 Å². The number of carbonyl (C=O) groups excluding carboxylic acids is 2. The van der Waals surface area contributed by atoms with Gasteiger partial charge in [0.2, 0.25) is 0 Å². The molecule has 3 saturated carbocycles. The van der Waals surface area contributed by atoms with Crippen molar-refractivity contribution in [1.29, 1.82) is 0 Å². The van der Waals surface area contributed by atoms with E-state index in [9.17, 15) is 9.59 Å². The molecule has 4 rings (SSSR count). The monoisotopic (exact) mass is 446 g/mol. The zero-order chi connectivity index (χ0) is 23.3. The molecule has 1 saturated heterocycles. The van der Waals surface area contributed by atoms with Gasteiger partial charge in [-0.25, -0.2) is 0 Å². The molecule has 0 unspecified atom stereocenters. The maximum atomic E-state index is 13.3. The number of carbonyl (C=O) groups is 2. The van der Waals surface area contributed by atoms with Gasteiger partial charge in [0.1, 0.15) is 12.2 Å². The molecule has 0 aromatic carbocycles. The standard InChI is InChI=1S/C28H46O4/c1-17(2)8-7-9-18(3)21-10-11-22-25-23(13-15-27(21,22)5)28(6)14-12-20(31-19(4)29)16-24(28)26(30)32-25/h17-18,20-25H,7-16H2,1-6H3/t18-,20+,21+,22+,23-,24-,25-,27-,28-/m1/s1. The minimum atomic E-state index is -0.242. The molecule has 4 nitrogen and oxygen atoms in total. The number of hydrogen-bond acceptors (Lipinski definition) is 4.